The summed E-state index contributed by atoms with van der Waals surface area (Å²) >= 11 is 1.09. The maximum atomic E-state index is 10.7. The Kier molecular flexibility index (Phi) is 3.03. The van der Waals surface area contributed by atoms with Gasteiger partial charge in [-0.15, -0.1) is 11.3 Å². The van der Waals surface area contributed by atoms with E-state index in [1.165, 1.54) is 6.07 Å². The molecule has 0 saturated carbocycles. The van der Waals surface area contributed by atoms with Gasteiger partial charge in [0.15, 0.2) is 0 Å². The molecule has 1 unspecified atom stereocenters. The van der Waals surface area contributed by atoms with Crippen LogP contribution in [-0.2, 0) is 0 Å². The summed E-state index contributed by atoms with van der Waals surface area (Å²) in [7, 11) is 0. The molecule has 0 amide bonds. The van der Waals surface area contributed by atoms with Crippen molar-refractivity contribution in [1.82, 2.24) is 0 Å². The normalized spacial score (nSPS) is 12.3. The van der Waals surface area contributed by atoms with Crippen LogP contribution in [-0.4, -0.2) is 16.2 Å². The number of carboxylic acids is 1. The number of aliphatic hydroxyl groups is 1. The largest absolute Gasteiger partial charge is 0.477 e. The van der Waals surface area contributed by atoms with E-state index in [1.807, 2.05) is 30.3 Å². The van der Waals surface area contributed by atoms with E-state index >= 15 is 0 Å². The van der Waals surface area contributed by atoms with Crippen molar-refractivity contribution in [1.29, 1.82) is 0 Å². The number of benzene rings is 1. The predicted octanol–water partition coefficient (Wildman–Crippen LogP) is 2.53. The molecule has 1 atom stereocenters. The first-order valence-electron chi connectivity index (χ1n) is 4.74. The quantitative estimate of drug-likeness (QED) is 0.858. The topological polar surface area (TPSA) is 57.5 Å². The molecular formula is C12H10O3S. The highest BCUT2D eigenvalue weighted by Gasteiger charge is 2.14. The van der Waals surface area contributed by atoms with Gasteiger partial charge in [-0.1, -0.05) is 30.3 Å². The van der Waals surface area contributed by atoms with Crippen LogP contribution in [0.15, 0.2) is 42.5 Å². The minimum absolute atomic E-state index is 0.241. The summed E-state index contributed by atoms with van der Waals surface area (Å²) in [5.41, 5.74) is 0.765. The second-order valence-corrected chi connectivity index (χ2v) is 4.44. The lowest BCUT2D eigenvalue weighted by Crippen LogP contribution is -1.96. The number of hydrogen-bond acceptors (Lipinski definition) is 3. The molecule has 0 saturated heterocycles. The van der Waals surface area contributed by atoms with Gasteiger partial charge in [0.05, 0.1) is 0 Å². The molecule has 0 spiro atoms. The molecule has 2 rings (SSSR count). The first-order chi connectivity index (χ1) is 7.68. The number of rotatable bonds is 3. The molecule has 0 aliphatic carbocycles. The van der Waals surface area contributed by atoms with E-state index in [0.29, 0.717) is 4.88 Å². The average Bonchev–Trinajstić information content (AvgIpc) is 2.78. The summed E-state index contributed by atoms with van der Waals surface area (Å²) in [4.78, 5) is 11.6. The summed E-state index contributed by atoms with van der Waals surface area (Å²) in [6, 6.07) is 12.3. The van der Waals surface area contributed by atoms with Crippen molar-refractivity contribution >= 4 is 17.3 Å². The molecule has 1 heterocycles. The van der Waals surface area contributed by atoms with Crippen LogP contribution < -0.4 is 0 Å². The summed E-state index contributed by atoms with van der Waals surface area (Å²) in [6.07, 6.45) is -0.751. The van der Waals surface area contributed by atoms with Gasteiger partial charge in [0.2, 0.25) is 0 Å². The Bertz CT molecular complexity index is 490. The van der Waals surface area contributed by atoms with Gasteiger partial charge in [0.1, 0.15) is 11.0 Å². The monoisotopic (exact) mass is 234 g/mol. The molecule has 0 radical (unpaired) electrons. The van der Waals surface area contributed by atoms with Gasteiger partial charge in [-0.3, -0.25) is 0 Å². The van der Waals surface area contributed by atoms with Crippen LogP contribution in [0.2, 0.25) is 0 Å². The van der Waals surface area contributed by atoms with Crippen LogP contribution in [0.4, 0.5) is 0 Å². The number of carboxylic acid groups (broad SMARTS) is 1. The van der Waals surface area contributed by atoms with E-state index in [-0.39, 0.29) is 4.88 Å². The van der Waals surface area contributed by atoms with Gasteiger partial charge < -0.3 is 10.2 Å². The molecule has 0 aliphatic rings. The van der Waals surface area contributed by atoms with Crippen molar-refractivity contribution in [2.45, 2.75) is 6.10 Å². The lowest BCUT2D eigenvalue weighted by molar-refractivity contribution is 0.0702. The van der Waals surface area contributed by atoms with Crippen LogP contribution >= 0.6 is 11.3 Å². The van der Waals surface area contributed by atoms with E-state index < -0.39 is 12.1 Å². The standard InChI is InChI=1S/C12H10O3S/c13-11(8-4-2-1-3-5-8)9-6-7-10(16-9)12(14)15/h1-7,11,13H,(H,14,15). The highest BCUT2D eigenvalue weighted by atomic mass is 32.1. The number of thiophene rings is 1. The van der Waals surface area contributed by atoms with E-state index in [2.05, 4.69) is 0 Å². The molecule has 0 fully saturated rings. The Morgan fingerprint density at radius 3 is 2.38 bits per heavy atom. The number of carbonyl (C=O) groups is 1. The van der Waals surface area contributed by atoms with E-state index in [4.69, 9.17) is 5.11 Å². The lowest BCUT2D eigenvalue weighted by Gasteiger charge is -2.07. The Morgan fingerprint density at radius 1 is 1.12 bits per heavy atom. The molecule has 82 valence electrons. The minimum atomic E-state index is -0.962. The van der Waals surface area contributed by atoms with Crippen molar-refractivity contribution in [2.24, 2.45) is 0 Å². The van der Waals surface area contributed by atoms with Gasteiger partial charge in [-0.05, 0) is 17.7 Å². The third kappa shape index (κ3) is 2.13. The Labute approximate surface area is 96.6 Å². The third-order valence-corrected chi connectivity index (χ3v) is 3.35. The fourth-order valence-electron chi connectivity index (χ4n) is 1.41. The third-order valence-electron chi connectivity index (χ3n) is 2.22. The highest BCUT2D eigenvalue weighted by molar-refractivity contribution is 7.14. The Morgan fingerprint density at radius 2 is 1.81 bits per heavy atom. The smallest absolute Gasteiger partial charge is 0.345 e. The van der Waals surface area contributed by atoms with Crippen molar-refractivity contribution in [3.8, 4) is 0 Å². The zero-order valence-corrected chi connectivity index (χ0v) is 9.15. The second-order valence-electron chi connectivity index (χ2n) is 3.32. The molecule has 2 N–H and O–H groups in total. The molecule has 16 heavy (non-hydrogen) atoms. The van der Waals surface area contributed by atoms with Crippen LogP contribution in [0.5, 0.6) is 0 Å². The fourth-order valence-corrected chi connectivity index (χ4v) is 2.28. The molecule has 1 aromatic carbocycles. The van der Waals surface area contributed by atoms with E-state index in [0.717, 1.165) is 16.9 Å². The SMILES string of the molecule is O=C(O)c1ccc(C(O)c2ccccc2)s1. The second kappa shape index (κ2) is 4.47. The molecular weight excluding hydrogens is 224 g/mol. The van der Waals surface area contributed by atoms with Gasteiger partial charge in [-0.25, -0.2) is 4.79 Å². The van der Waals surface area contributed by atoms with Gasteiger partial charge in [0.25, 0.3) is 0 Å². The van der Waals surface area contributed by atoms with Crippen molar-refractivity contribution < 1.29 is 15.0 Å². The van der Waals surface area contributed by atoms with Crippen molar-refractivity contribution in [3.05, 3.63) is 57.8 Å². The molecule has 2 aromatic rings. The average molecular weight is 234 g/mol. The fraction of sp³-hybridized carbons (Fsp3) is 0.0833. The molecule has 0 aliphatic heterocycles. The van der Waals surface area contributed by atoms with Crippen LogP contribution in [0, 0.1) is 0 Å². The zero-order chi connectivity index (χ0) is 11.5. The number of aromatic carboxylic acids is 1. The zero-order valence-electron chi connectivity index (χ0n) is 8.33. The minimum Gasteiger partial charge on any atom is -0.477 e. The van der Waals surface area contributed by atoms with Gasteiger partial charge in [0, 0.05) is 4.88 Å². The Hall–Kier alpha value is -1.65. The van der Waals surface area contributed by atoms with E-state index in [9.17, 15) is 9.90 Å². The molecule has 0 bridgehead atoms. The summed E-state index contributed by atoms with van der Waals surface area (Å²) in [5.74, 6) is -0.962. The molecule has 4 heteroatoms. The van der Waals surface area contributed by atoms with Crippen LogP contribution in [0.1, 0.15) is 26.2 Å². The first-order valence-corrected chi connectivity index (χ1v) is 5.56. The van der Waals surface area contributed by atoms with E-state index in [1.54, 1.807) is 6.07 Å². The van der Waals surface area contributed by atoms with Crippen LogP contribution in [0.25, 0.3) is 0 Å². The number of aliphatic hydroxyl groups excluding tert-OH is 1. The molecule has 3 nitrogen and oxygen atoms in total. The summed E-state index contributed by atoms with van der Waals surface area (Å²) < 4.78 is 0. The maximum absolute atomic E-state index is 10.7. The lowest BCUT2D eigenvalue weighted by atomic mass is 10.1. The summed E-state index contributed by atoms with van der Waals surface area (Å²) in [6.45, 7) is 0. The van der Waals surface area contributed by atoms with Crippen LogP contribution in [0.3, 0.4) is 0 Å². The maximum Gasteiger partial charge on any atom is 0.345 e. The number of hydrogen-bond donors (Lipinski definition) is 2. The molecule has 1 aromatic heterocycles. The van der Waals surface area contributed by atoms with Crippen molar-refractivity contribution in [2.75, 3.05) is 0 Å². The predicted molar refractivity (Wildman–Crippen MR) is 61.8 cm³/mol. The Balaban J connectivity index is 2.27. The van der Waals surface area contributed by atoms with Gasteiger partial charge in [-0.2, -0.15) is 0 Å². The van der Waals surface area contributed by atoms with Gasteiger partial charge >= 0.3 is 5.97 Å². The van der Waals surface area contributed by atoms with Crippen molar-refractivity contribution in [3.63, 3.8) is 0 Å². The summed E-state index contributed by atoms with van der Waals surface area (Å²) in [5, 5.41) is 18.8. The highest BCUT2D eigenvalue weighted by Crippen LogP contribution is 2.28. The first kappa shape index (κ1) is 10.9.